The number of amides is 2. The van der Waals surface area contributed by atoms with Crippen molar-refractivity contribution < 1.29 is 19.1 Å². The van der Waals surface area contributed by atoms with Gasteiger partial charge in [0, 0.05) is 65.8 Å². The highest BCUT2D eigenvalue weighted by molar-refractivity contribution is 5.96. The minimum Gasteiger partial charge on any atom is -0.479 e. The largest absolute Gasteiger partial charge is 0.479 e. The van der Waals surface area contributed by atoms with Crippen molar-refractivity contribution in [3.8, 4) is 11.8 Å². The highest BCUT2D eigenvalue weighted by Crippen LogP contribution is 2.18. The van der Waals surface area contributed by atoms with Gasteiger partial charge in [0.25, 0.3) is 11.8 Å². The third kappa shape index (κ3) is 4.67. The number of ether oxygens (including phenoxy) is 2. The molecule has 1 aliphatic rings. The second kappa shape index (κ2) is 8.95. The van der Waals surface area contributed by atoms with E-state index < -0.39 is 0 Å². The Bertz CT molecular complexity index is 865. The molecule has 2 aromatic heterocycles. The van der Waals surface area contributed by atoms with E-state index in [4.69, 9.17) is 9.47 Å². The summed E-state index contributed by atoms with van der Waals surface area (Å²) in [6.07, 6.45) is 3.31. The quantitative estimate of drug-likeness (QED) is 0.653. The number of aromatic nitrogens is 4. The maximum absolute atomic E-state index is 12.7. The summed E-state index contributed by atoms with van der Waals surface area (Å²) in [6, 6.07) is 0. The van der Waals surface area contributed by atoms with Gasteiger partial charge < -0.3 is 19.7 Å². The van der Waals surface area contributed by atoms with Gasteiger partial charge in [0.1, 0.15) is 11.1 Å². The van der Waals surface area contributed by atoms with Gasteiger partial charge in [0.05, 0.1) is 14.2 Å². The van der Waals surface area contributed by atoms with Crippen molar-refractivity contribution in [2.45, 2.75) is 0 Å². The summed E-state index contributed by atoms with van der Waals surface area (Å²) in [6.45, 7) is 3.90. The van der Waals surface area contributed by atoms with E-state index in [-0.39, 0.29) is 11.8 Å². The van der Waals surface area contributed by atoms with Gasteiger partial charge in [-0.05, 0) is 0 Å². The van der Waals surface area contributed by atoms with E-state index in [2.05, 4.69) is 20.4 Å². The highest BCUT2D eigenvalue weighted by atomic mass is 16.5. The molecule has 1 fully saturated rings. The van der Waals surface area contributed by atoms with Crippen LogP contribution in [0.25, 0.3) is 0 Å². The Morgan fingerprint density at radius 2 is 1.52 bits per heavy atom. The number of hydrogen-bond acceptors (Lipinski definition) is 7. The number of nitrogens with zero attached hydrogens (tertiary/aromatic N) is 6. The third-order valence-corrected chi connectivity index (χ3v) is 4.82. The van der Waals surface area contributed by atoms with Gasteiger partial charge in [-0.1, -0.05) is 0 Å². The molecule has 0 radical (unpaired) electrons. The molecule has 1 saturated heterocycles. The molecule has 29 heavy (non-hydrogen) atoms. The molecule has 1 N–H and O–H groups in total. The first-order chi connectivity index (χ1) is 13.9. The Hall–Kier alpha value is -3.08. The van der Waals surface area contributed by atoms with Gasteiger partial charge in [0.15, 0.2) is 0 Å². The molecule has 0 bridgehead atoms. The Morgan fingerprint density at radius 3 is 2.10 bits per heavy atom. The van der Waals surface area contributed by atoms with Crippen LogP contribution in [0.3, 0.4) is 0 Å². The molecule has 0 atom stereocenters. The molecule has 2 aromatic rings. The number of carbonyl (C=O) groups excluding carboxylic acids is 2. The molecule has 0 saturated carbocycles. The number of aryl methyl sites for hydroxylation is 2. The zero-order valence-corrected chi connectivity index (χ0v) is 17.2. The molecule has 11 heteroatoms. The Labute approximate surface area is 169 Å². The fourth-order valence-corrected chi connectivity index (χ4v) is 3.31. The van der Waals surface area contributed by atoms with Crippen molar-refractivity contribution in [1.82, 2.24) is 34.7 Å². The summed E-state index contributed by atoms with van der Waals surface area (Å²) < 4.78 is 13.4. The minimum atomic E-state index is -0.215. The Kier molecular flexibility index (Phi) is 6.37. The van der Waals surface area contributed by atoms with Gasteiger partial charge in [0.2, 0.25) is 11.8 Å². The van der Waals surface area contributed by atoms with Gasteiger partial charge in [-0.2, -0.15) is 0 Å². The number of carbonyl (C=O) groups is 2. The van der Waals surface area contributed by atoms with E-state index in [1.54, 1.807) is 40.8 Å². The molecule has 0 aliphatic carbocycles. The molecule has 0 spiro atoms. The van der Waals surface area contributed by atoms with E-state index in [9.17, 15) is 9.59 Å². The summed E-state index contributed by atoms with van der Waals surface area (Å²) in [5.41, 5.74) is 0.886. The SMILES string of the molecule is COc1nn(C)cc1C(=O)NCCN1CCN(C(=O)c2cn(C)nc2OC)CC1. The number of hydrogen-bond donors (Lipinski definition) is 1. The molecule has 3 heterocycles. The Morgan fingerprint density at radius 1 is 0.966 bits per heavy atom. The van der Waals surface area contributed by atoms with E-state index in [1.807, 2.05) is 0 Å². The molecule has 0 aromatic carbocycles. The predicted molar refractivity (Wildman–Crippen MR) is 104 cm³/mol. The molecule has 2 amide bonds. The summed E-state index contributed by atoms with van der Waals surface area (Å²) in [4.78, 5) is 29.0. The first-order valence-electron chi connectivity index (χ1n) is 9.38. The third-order valence-electron chi connectivity index (χ3n) is 4.82. The van der Waals surface area contributed by atoms with E-state index in [0.29, 0.717) is 49.1 Å². The number of piperazine rings is 1. The average Bonchev–Trinajstić information content (AvgIpc) is 3.29. The van der Waals surface area contributed by atoms with Crippen LogP contribution >= 0.6 is 0 Å². The van der Waals surface area contributed by atoms with Crippen LogP contribution in [0.5, 0.6) is 11.8 Å². The Balaban J connectivity index is 1.45. The molecule has 0 unspecified atom stereocenters. The molecular weight excluding hydrogens is 378 g/mol. The second-order valence-corrected chi connectivity index (χ2v) is 6.84. The number of rotatable bonds is 7. The minimum absolute atomic E-state index is 0.0772. The highest BCUT2D eigenvalue weighted by Gasteiger charge is 2.26. The fraction of sp³-hybridized carbons (Fsp3) is 0.556. The predicted octanol–water partition coefficient (Wildman–Crippen LogP) is -0.641. The van der Waals surface area contributed by atoms with Crippen LogP contribution in [0, 0.1) is 0 Å². The van der Waals surface area contributed by atoms with E-state index in [0.717, 1.165) is 13.1 Å². The van der Waals surface area contributed by atoms with Gasteiger partial charge in [-0.15, -0.1) is 10.2 Å². The number of nitrogens with one attached hydrogen (secondary N) is 1. The van der Waals surface area contributed by atoms with Crippen LogP contribution in [0.2, 0.25) is 0 Å². The monoisotopic (exact) mass is 405 g/mol. The average molecular weight is 405 g/mol. The van der Waals surface area contributed by atoms with E-state index in [1.165, 1.54) is 14.2 Å². The molecule has 158 valence electrons. The zero-order chi connectivity index (χ0) is 21.0. The van der Waals surface area contributed by atoms with Crippen molar-refractivity contribution in [3.63, 3.8) is 0 Å². The molecular formula is C18H27N7O4. The maximum atomic E-state index is 12.7. The van der Waals surface area contributed by atoms with Crippen LogP contribution in [-0.4, -0.2) is 94.7 Å². The van der Waals surface area contributed by atoms with Crippen molar-refractivity contribution in [3.05, 3.63) is 23.5 Å². The van der Waals surface area contributed by atoms with Crippen LogP contribution < -0.4 is 14.8 Å². The summed E-state index contributed by atoms with van der Waals surface area (Å²) >= 11 is 0. The smallest absolute Gasteiger partial charge is 0.261 e. The van der Waals surface area contributed by atoms with Crippen LogP contribution in [-0.2, 0) is 14.1 Å². The zero-order valence-electron chi connectivity index (χ0n) is 17.2. The second-order valence-electron chi connectivity index (χ2n) is 6.84. The lowest BCUT2D eigenvalue weighted by Crippen LogP contribution is -2.50. The molecule has 11 nitrogen and oxygen atoms in total. The van der Waals surface area contributed by atoms with Crippen LogP contribution in [0.4, 0.5) is 0 Å². The lowest BCUT2D eigenvalue weighted by atomic mass is 10.2. The molecule has 3 rings (SSSR count). The first kappa shape index (κ1) is 20.6. The topological polar surface area (TPSA) is 107 Å². The summed E-state index contributed by atoms with van der Waals surface area (Å²) in [7, 11) is 6.49. The van der Waals surface area contributed by atoms with Crippen molar-refractivity contribution in [2.24, 2.45) is 14.1 Å². The van der Waals surface area contributed by atoms with Crippen LogP contribution in [0.1, 0.15) is 20.7 Å². The van der Waals surface area contributed by atoms with Gasteiger partial charge in [-0.3, -0.25) is 23.9 Å². The fourth-order valence-electron chi connectivity index (χ4n) is 3.31. The van der Waals surface area contributed by atoms with Gasteiger partial charge in [-0.25, -0.2) is 0 Å². The maximum Gasteiger partial charge on any atom is 0.261 e. The van der Waals surface area contributed by atoms with Crippen LogP contribution in [0.15, 0.2) is 12.4 Å². The lowest BCUT2D eigenvalue weighted by molar-refractivity contribution is 0.0634. The summed E-state index contributed by atoms with van der Waals surface area (Å²) in [5, 5.41) is 11.1. The normalized spacial score (nSPS) is 14.7. The summed E-state index contributed by atoms with van der Waals surface area (Å²) in [5.74, 6) is 0.357. The van der Waals surface area contributed by atoms with Gasteiger partial charge >= 0.3 is 0 Å². The molecule has 1 aliphatic heterocycles. The van der Waals surface area contributed by atoms with E-state index >= 15 is 0 Å². The van der Waals surface area contributed by atoms with Crippen molar-refractivity contribution in [1.29, 1.82) is 0 Å². The van der Waals surface area contributed by atoms with Crippen molar-refractivity contribution >= 4 is 11.8 Å². The standard InChI is InChI=1S/C18H27N7O4/c1-22-11-13(16(20-22)28-3)15(26)19-5-6-24-7-9-25(10-8-24)18(27)14-12-23(2)21-17(14)29-4/h11-12H,5-10H2,1-4H3,(H,19,26). The lowest BCUT2D eigenvalue weighted by Gasteiger charge is -2.34. The van der Waals surface area contributed by atoms with Crippen molar-refractivity contribution in [2.75, 3.05) is 53.5 Å². The first-order valence-corrected chi connectivity index (χ1v) is 9.38. The number of methoxy groups -OCH3 is 2.